The van der Waals surface area contributed by atoms with Gasteiger partial charge in [0.15, 0.2) is 0 Å². The molecule has 1 rings (SSSR count). The molecule has 0 spiro atoms. The molecule has 0 saturated heterocycles. The van der Waals surface area contributed by atoms with Gasteiger partial charge in [-0.2, -0.15) is 0 Å². The van der Waals surface area contributed by atoms with Crippen LogP contribution in [-0.4, -0.2) is 52.1 Å². The van der Waals surface area contributed by atoms with Crippen LogP contribution in [0.4, 0.5) is 14.4 Å². The van der Waals surface area contributed by atoms with Crippen molar-refractivity contribution in [3.63, 3.8) is 0 Å². The molecule has 0 aliphatic heterocycles. The normalized spacial score (nSPS) is 20.2. The van der Waals surface area contributed by atoms with Crippen LogP contribution >= 0.6 is 0 Å². The lowest BCUT2D eigenvalue weighted by molar-refractivity contribution is -0.0228. The van der Waals surface area contributed by atoms with Gasteiger partial charge in [0.1, 0.15) is 16.8 Å². The Balaban J connectivity index is 2.93. The van der Waals surface area contributed by atoms with Gasteiger partial charge >= 0.3 is 18.3 Å². The lowest BCUT2D eigenvalue weighted by Crippen LogP contribution is -2.62. The zero-order valence-corrected chi connectivity index (χ0v) is 18.0. The Morgan fingerprint density at radius 2 is 1.15 bits per heavy atom. The zero-order valence-electron chi connectivity index (χ0n) is 18.0. The van der Waals surface area contributed by atoms with E-state index in [-0.39, 0.29) is 0 Å². The third-order valence-electron chi connectivity index (χ3n) is 3.45. The summed E-state index contributed by atoms with van der Waals surface area (Å²) in [5, 5.41) is 2.72. The summed E-state index contributed by atoms with van der Waals surface area (Å²) in [5.41, 5.74) is -2.18. The highest BCUT2D eigenvalue weighted by atomic mass is 16.6. The molecule has 2 atom stereocenters. The monoisotopic (exact) mass is 386 g/mol. The number of carbonyl (C=O) groups excluding carboxylic acids is 3. The van der Waals surface area contributed by atoms with E-state index < -0.39 is 47.2 Å². The van der Waals surface area contributed by atoms with Gasteiger partial charge in [0.25, 0.3) is 0 Å². The van der Waals surface area contributed by atoms with Crippen LogP contribution < -0.4 is 5.32 Å². The molecule has 0 bridgehead atoms. The van der Waals surface area contributed by atoms with Crippen molar-refractivity contribution in [2.45, 2.75) is 104 Å². The van der Waals surface area contributed by atoms with Gasteiger partial charge in [0.2, 0.25) is 0 Å². The predicted molar refractivity (Wildman–Crippen MR) is 100 cm³/mol. The first-order valence-electron chi connectivity index (χ1n) is 9.23. The lowest BCUT2D eigenvalue weighted by Gasteiger charge is -2.43. The molecule has 0 unspecified atom stereocenters. The standard InChI is InChI=1S/C19H34N2O6/c1-17(2,3)25-14(22)20-12-10-11-13(12)21(15(23)26-18(4,5)6)16(24)27-19(7,8)9/h12-13H,10-11H2,1-9H3,(H,20,22)/t12-,13+/m1/s1. The van der Waals surface area contributed by atoms with Crippen LogP contribution in [0.5, 0.6) is 0 Å². The molecule has 156 valence electrons. The van der Waals surface area contributed by atoms with Crippen LogP contribution in [0.15, 0.2) is 0 Å². The van der Waals surface area contributed by atoms with Crippen molar-refractivity contribution >= 4 is 18.3 Å². The van der Waals surface area contributed by atoms with E-state index in [2.05, 4.69) is 5.32 Å². The van der Waals surface area contributed by atoms with Crippen molar-refractivity contribution in [3.05, 3.63) is 0 Å². The Morgan fingerprint density at radius 3 is 1.44 bits per heavy atom. The van der Waals surface area contributed by atoms with Gasteiger partial charge in [-0.3, -0.25) is 0 Å². The van der Waals surface area contributed by atoms with Gasteiger partial charge in [-0.25, -0.2) is 19.3 Å². The summed E-state index contributed by atoms with van der Waals surface area (Å²) >= 11 is 0. The first-order chi connectivity index (χ1) is 12.0. The van der Waals surface area contributed by atoms with Crippen LogP contribution in [0.1, 0.15) is 75.2 Å². The van der Waals surface area contributed by atoms with Crippen molar-refractivity contribution in [3.8, 4) is 0 Å². The summed E-state index contributed by atoms with van der Waals surface area (Å²) in [6.45, 7) is 15.6. The molecule has 0 aromatic heterocycles. The van der Waals surface area contributed by atoms with Gasteiger partial charge in [-0.05, 0) is 75.2 Å². The second-order valence-corrected chi connectivity index (χ2v) is 9.73. The van der Waals surface area contributed by atoms with Gasteiger partial charge in [-0.15, -0.1) is 0 Å². The highest BCUT2D eigenvalue weighted by Crippen LogP contribution is 2.29. The predicted octanol–water partition coefficient (Wildman–Crippen LogP) is 4.21. The van der Waals surface area contributed by atoms with Crippen LogP contribution in [0.25, 0.3) is 0 Å². The smallest absolute Gasteiger partial charge is 0.420 e. The average Bonchev–Trinajstić information content (AvgIpc) is 2.34. The lowest BCUT2D eigenvalue weighted by atomic mass is 9.85. The molecule has 0 radical (unpaired) electrons. The maximum atomic E-state index is 12.6. The molecule has 1 saturated carbocycles. The van der Waals surface area contributed by atoms with Gasteiger partial charge in [0.05, 0.1) is 12.1 Å². The van der Waals surface area contributed by atoms with Crippen molar-refractivity contribution < 1.29 is 28.6 Å². The number of alkyl carbamates (subject to hydrolysis) is 1. The Bertz CT molecular complexity index is 540. The summed E-state index contributed by atoms with van der Waals surface area (Å²) in [5.74, 6) is 0. The van der Waals surface area contributed by atoms with E-state index in [9.17, 15) is 14.4 Å². The Kier molecular flexibility index (Phi) is 6.78. The molecular weight excluding hydrogens is 352 g/mol. The Labute approximate surface area is 161 Å². The molecule has 3 amide bonds. The number of hydrogen-bond donors (Lipinski definition) is 1. The number of ether oxygens (including phenoxy) is 3. The molecule has 1 aliphatic rings. The fourth-order valence-corrected chi connectivity index (χ4v) is 2.39. The Morgan fingerprint density at radius 1 is 0.741 bits per heavy atom. The molecule has 27 heavy (non-hydrogen) atoms. The molecule has 8 heteroatoms. The van der Waals surface area contributed by atoms with E-state index >= 15 is 0 Å². The second kappa shape index (κ2) is 7.94. The minimum Gasteiger partial charge on any atom is -0.444 e. The average molecular weight is 386 g/mol. The van der Waals surface area contributed by atoms with E-state index in [1.165, 1.54) is 0 Å². The minimum absolute atomic E-state index is 0.417. The van der Waals surface area contributed by atoms with Crippen molar-refractivity contribution in [1.82, 2.24) is 10.2 Å². The fraction of sp³-hybridized carbons (Fsp3) is 0.842. The first-order valence-corrected chi connectivity index (χ1v) is 9.23. The van der Waals surface area contributed by atoms with Crippen LogP contribution in [0, 0.1) is 0 Å². The molecule has 0 aromatic rings. The molecule has 1 aliphatic carbocycles. The van der Waals surface area contributed by atoms with Crippen LogP contribution in [-0.2, 0) is 14.2 Å². The molecule has 0 heterocycles. The highest BCUT2D eigenvalue weighted by molar-refractivity contribution is 5.89. The molecule has 8 nitrogen and oxygen atoms in total. The number of carbonyl (C=O) groups is 3. The number of nitrogens with one attached hydrogen (secondary N) is 1. The molecule has 0 aromatic carbocycles. The molecule has 1 N–H and O–H groups in total. The van der Waals surface area contributed by atoms with Crippen molar-refractivity contribution in [2.75, 3.05) is 0 Å². The highest BCUT2D eigenvalue weighted by Gasteiger charge is 2.45. The fourth-order valence-electron chi connectivity index (χ4n) is 2.39. The third kappa shape index (κ3) is 8.05. The first kappa shape index (κ1) is 23.0. The second-order valence-electron chi connectivity index (χ2n) is 9.73. The molecular formula is C19H34N2O6. The van der Waals surface area contributed by atoms with Gasteiger partial charge in [0, 0.05) is 0 Å². The number of hydrogen-bond acceptors (Lipinski definition) is 6. The van der Waals surface area contributed by atoms with Crippen molar-refractivity contribution in [2.24, 2.45) is 0 Å². The van der Waals surface area contributed by atoms with E-state index in [1.807, 2.05) is 0 Å². The number of nitrogens with zero attached hydrogens (tertiary/aromatic N) is 1. The largest absolute Gasteiger partial charge is 0.444 e. The van der Waals surface area contributed by atoms with E-state index in [0.717, 1.165) is 4.90 Å². The number of amides is 3. The van der Waals surface area contributed by atoms with E-state index in [0.29, 0.717) is 12.8 Å². The topological polar surface area (TPSA) is 94.2 Å². The van der Waals surface area contributed by atoms with E-state index in [1.54, 1.807) is 62.3 Å². The number of imide groups is 1. The third-order valence-corrected chi connectivity index (χ3v) is 3.45. The zero-order chi connectivity index (χ0) is 21.2. The summed E-state index contributed by atoms with van der Waals surface area (Å²) < 4.78 is 16.0. The van der Waals surface area contributed by atoms with Crippen molar-refractivity contribution in [1.29, 1.82) is 0 Å². The van der Waals surface area contributed by atoms with Gasteiger partial charge < -0.3 is 19.5 Å². The number of rotatable bonds is 2. The Hall–Kier alpha value is -1.99. The van der Waals surface area contributed by atoms with Gasteiger partial charge in [-0.1, -0.05) is 0 Å². The minimum atomic E-state index is -0.794. The quantitative estimate of drug-likeness (QED) is 0.714. The summed E-state index contributed by atoms with van der Waals surface area (Å²) in [4.78, 5) is 38.3. The van der Waals surface area contributed by atoms with E-state index in [4.69, 9.17) is 14.2 Å². The SMILES string of the molecule is CC(C)(C)OC(=O)N[C@@H]1CC[C@@H]1N(C(=O)OC(C)(C)C)C(=O)OC(C)(C)C. The summed E-state index contributed by atoms with van der Waals surface area (Å²) in [6.07, 6.45) is -1.02. The summed E-state index contributed by atoms with van der Waals surface area (Å²) in [7, 11) is 0. The summed E-state index contributed by atoms with van der Waals surface area (Å²) in [6, 6.07) is -0.970. The van der Waals surface area contributed by atoms with Crippen LogP contribution in [0.2, 0.25) is 0 Å². The molecule has 1 fully saturated rings. The maximum absolute atomic E-state index is 12.6. The maximum Gasteiger partial charge on any atom is 0.420 e. The van der Waals surface area contributed by atoms with Crippen LogP contribution in [0.3, 0.4) is 0 Å².